The van der Waals surface area contributed by atoms with Crippen molar-refractivity contribution in [2.75, 3.05) is 29.4 Å². The van der Waals surface area contributed by atoms with E-state index in [9.17, 15) is 13.2 Å². The van der Waals surface area contributed by atoms with Crippen LogP contribution in [0.1, 0.15) is 12.8 Å². The third kappa shape index (κ3) is 3.61. The van der Waals surface area contributed by atoms with Crippen molar-refractivity contribution < 1.29 is 22.7 Å². The number of amides is 1. The number of hydrogen-bond donors (Lipinski definition) is 1. The molecular weight excluding hydrogens is 436 g/mol. The summed E-state index contributed by atoms with van der Waals surface area (Å²) in [7, 11) is -3.80. The van der Waals surface area contributed by atoms with Crippen LogP contribution in [0.3, 0.4) is 0 Å². The van der Waals surface area contributed by atoms with Gasteiger partial charge < -0.3 is 14.4 Å². The Balaban J connectivity index is 1.58. The molecule has 0 radical (unpaired) electrons. The molecule has 2 aromatic carbocycles. The zero-order chi connectivity index (χ0) is 19.0. The molecule has 1 N–H and O–H groups in total. The summed E-state index contributed by atoms with van der Waals surface area (Å²) in [5.74, 6) is 1.12. The Morgan fingerprint density at radius 1 is 1.04 bits per heavy atom. The molecule has 0 spiro atoms. The SMILES string of the molecule is O=C1CCCN1c1ccc(S(=O)(=O)Nc2cc3c(cc2Br)OCCO3)cc1. The largest absolute Gasteiger partial charge is 0.486 e. The van der Waals surface area contributed by atoms with Gasteiger partial charge in [-0.15, -0.1) is 0 Å². The van der Waals surface area contributed by atoms with Crippen LogP contribution < -0.4 is 19.1 Å². The molecule has 1 fully saturated rings. The van der Waals surface area contributed by atoms with E-state index < -0.39 is 10.0 Å². The molecule has 0 saturated carbocycles. The molecule has 7 nitrogen and oxygen atoms in total. The van der Waals surface area contributed by atoms with Crippen molar-refractivity contribution in [3.63, 3.8) is 0 Å². The second-order valence-corrected chi connectivity index (χ2v) is 8.76. The van der Waals surface area contributed by atoms with Gasteiger partial charge >= 0.3 is 0 Å². The zero-order valence-electron chi connectivity index (χ0n) is 14.3. The minimum absolute atomic E-state index is 0.0592. The molecule has 2 heterocycles. The van der Waals surface area contributed by atoms with Gasteiger partial charge in [-0.3, -0.25) is 9.52 Å². The summed E-state index contributed by atoms with van der Waals surface area (Å²) >= 11 is 3.36. The maximum Gasteiger partial charge on any atom is 0.261 e. The molecule has 142 valence electrons. The average molecular weight is 453 g/mol. The standard InChI is InChI=1S/C18H17BrN2O5S/c19-14-10-16-17(26-9-8-25-16)11-15(14)20-27(23,24)13-5-3-12(4-6-13)21-7-1-2-18(21)22/h3-6,10-11,20H,1-2,7-9H2. The van der Waals surface area contributed by atoms with Crippen LogP contribution in [-0.2, 0) is 14.8 Å². The Hall–Kier alpha value is -2.26. The van der Waals surface area contributed by atoms with Crippen molar-refractivity contribution in [3.05, 3.63) is 40.9 Å². The predicted octanol–water partition coefficient (Wildman–Crippen LogP) is 3.15. The monoisotopic (exact) mass is 452 g/mol. The quantitative estimate of drug-likeness (QED) is 0.769. The number of ether oxygens (including phenoxy) is 2. The first-order valence-electron chi connectivity index (χ1n) is 8.46. The lowest BCUT2D eigenvalue weighted by atomic mass is 10.2. The van der Waals surface area contributed by atoms with Crippen LogP contribution in [0.5, 0.6) is 11.5 Å². The fourth-order valence-electron chi connectivity index (χ4n) is 3.07. The molecule has 27 heavy (non-hydrogen) atoms. The molecule has 1 saturated heterocycles. The van der Waals surface area contributed by atoms with E-state index in [1.165, 1.54) is 12.1 Å². The van der Waals surface area contributed by atoms with Gasteiger partial charge in [-0.1, -0.05) is 0 Å². The van der Waals surface area contributed by atoms with Gasteiger partial charge in [0.2, 0.25) is 5.91 Å². The summed E-state index contributed by atoms with van der Waals surface area (Å²) in [5, 5.41) is 0. The highest BCUT2D eigenvalue weighted by Gasteiger charge is 2.23. The second-order valence-electron chi connectivity index (χ2n) is 6.22. The lowest BCUT2D eigenvalue weighted by Gasteiger charge is -2.20. The highest BCUT2D eigenvalue weighted by atomic mass is 79.9. The molecule has 2 aliphatic rings. The summed E-state index contributed by atoms with van der Waals surface area (Å²) < 4.78 is 39.6. The molecule has 2 aliphatic heterocycles. The highest BCUT2D eigenvalue weighted by molar-refractivity contribution is 9.10. The number of carbonyl (C=O) groups is 1. The van der Waals surface area contributed by atoms with Gasteiger partial charge in [0.25, 0.3) is 10.0 Å². The number of fused-ring (bicyclic) bond motifs is 1. The predicted molar refractivity (Wildman–Crippen MR) is 104 cm³/mol. The Morgan fingerprint density at radius 2 is 1.70 bits per heavy atom. The number of nitrogens with one attached hydrogen (secondary N) is 1. The van der Waals surface area contributed by atoms with Crippen molar-refractivity contribution in [3.8, 4) is 11.5 Å². The number of rotatable bonds is 4. The summed E-state index contributed by atoms with van der Waals surface area (Å²) in [6.45, 7) is 1.53. The Kier molecular flexibility index (Phi) is 4.73. The van der Waals surface area contributed by atoms with E-state index in [0.717, 1.165) is 6.42 Å². The zero-order valence-corrected chi connectivity index (χ0v) is 16.7. The van der Waals surface area contributed by atoms with E-state index in [1.807, 2.05) is 0 Å². The smallest absolute Gasteiger partial charge is 0.261 e. The summed E-state index contributed by atoms with van der Waals surface area (Å²) in [5.41, 5.74) is 1.06. The van der Waals surface area contributed by atoms with Crippen molar-refractivity contribution in [1.82, 2.24) is 0 Å². The summed E-state index contributed by atoms with van der Waals surface area (Å²) in [4.78, 5) is 13.6. The fraction of sp³-hybridized carbons (Fsp3) is 0.278. The Labute approximate surface area is 165 Å². The van der Waals surface area contributed by atoms with Gasteiger partial charge in [0.15, 0.2) is 11.5 Å². The van der Waals surface area contributed by atoms with Crippen LogP contribution in [0.2, 0.25) is 0 Å². The van der Waals surface area contributed by atoms with E-state index in [4.69, 9.17) is 9.47 Å². The first kappa shape index (κ1) is 18.1. The Morgan fingerprint density at radius 3 is 2.33 bits per heavy atom. The van der Waals surface area contributed by atoms with E-state index >= 15 is 0 Å². The summed E-state index contributed by atoms with van der Waals surface area (Å²) in [6, 6.07) is 9.56. The minimum atomic E-state index is -3.80. The third-order valence-corrected chi connectivity index (χ3v) is 6.45. The lowest BCUT2D eigenvalue weighted by Crippen LogP contribution is -2.23. The molecule has 0 atom stereocenters. The highest BCUT2D eigenvalue weighted by Crippen LogP contribution is 2.39. The Bertz CT molecular complexity index is 992. The van der Waals surface area contributed by atoms with Crippen LogP contribution in [-0.4, -0.2) is 34.1 Å². The number of anilines is 2. The van der Waals surface area contributed by atoms with Gasteiger partial charge in [-0.05, 0) is 46.6 Å². The average Bonchev–Trinajstić information content (AvgIpc) is 3.08. The van der Waals surface area contributed by atoms with Gasteiger partial charge in [0.05, 0.1) is 10.6 Å². The number of carbonyl (C=O) groups excluding carboxylic acids is 1. The molecule has 1 amide bonds. The van der Waals surface area contributed by atoms with E-state index in [2.05, 4.69) is 20.7 Å². The molecule has 2 aromatic rings. The molecule has 0 bridgehead atoms. The fourth-order valence-corrected chi connectivity index (χ4v) is 4.70. The van der Waals surface area contributed by atoms with Crippen LogP contribution in [0.4, 0.5) is 11.4 Å². The van der Waals surface area contributed by atoms with Crippen LogP contribution in [0.15, 0.2) is 45.8 Å². The van der Waals surface area contributed by atoms with Gasteiger partial charge in [-0.25, -0.2) is 8.42 Å². The van der Waals surface area contributed by atoms with Gasteiger partial charge in [0.1, 0.15) is 13.2 Å². The van der Waals surface area contributed by atoms with Crippen molar-refractivity contribution in [2.24, 2.45) is 0 Å². The first-order valence-corrected chi connectivity index (χ1v) is 10.7. The third-order valence-electron chi connectivity index (χ3n) is 4.41. The van der Waals surface area contributed by atoms with E-state index in [0.29, 0.717) is 53.5 Å². The van der Waals surface area contributed by atoms with Crippen molar-refractivity contribution in [1.29, 1.82) is 0 Å². The maximum absolute atomic E-state index is 12.7. The molecule has 0 aromatic heterocycles. The topological polar surface area (TPSA) is 84.9 Å². The molecule has 9 heteroatoms. The van der Waals surface area contributed by atoms with Crippen LogP contribution in [0, 0.1) is 0 Å². The number of nitrogens with zero attached hydrogens (tertiary/aromatic N) is 1. The number of sulfonamides is 1. The molecular formula is C18H17BrN2O5S. The second kappa shape index (κ2) is 7.05. The number of benzene rings is 2. The van der Waals surface area contributed by atoms with Crippen LogP contribution in [0.25, 0.3) is 0 Å². The lowest BCUT2D eigenvalue weighted by molar-refractivity contribution is -0.117. The molecule has 4 rings (SSSR count). The number of hydrogen-bond acceptors (Lipinski definition) is 5. The maximum atomic E-state index is 12.7. The minimum Gasteiger partial charge on any atom is -0.486 e. The number of halogens is 1. The normalized spacial score (nSPS) is 16.5. The molecule has 0 aliphatic carbocycles. The van der Waals surface area contributed by atoms with Gasteiger partial charge in [-0.2, -0.15) is 0 Å². The van der Waals surface area contributed by atoms with Gasteiger partial charge in [0, 0.05) is 35.3 Å². The van der Waals surface area contributed by atoms with Crippen molar-refractivity contribution in [2.45, 2.75) is 17.7 Å². The van der Waals surface area contributed by atoms with E-state index in [-0.39, 0.29) is 10.8 Å². The molecule has 0 unspecified atom stereocenters. The van der Waals surface area contributed by atoms with E-state index in [1.54, 1.807) is 29.2 Å². The first-order chi connectivity index (χ1) is 12.9. The summed E-state index contributed by atoms with van der Waals surface area (Å²) in [6.07, 6.45) is 1.35. The van der Waals surface area contributed by atoms with Crippen LogP contribution >= 0.6 is 15.9 Å². The van der Waals surface area contributed by atoms with Crippen molar-refractivity contribution >= 4 is 43.2 Å².